The normalized spacial score (nSPS) is 11.3. The van der Waals surface area contributed by atoms with Gasteiger partial charge in [-0.25, -0.2) is 14.6 Å². The molecule has 0 aliphatic heterocycles. The maximum absolute atomic E-state index is 5.86. The lowest BCUT2D eigenvalue weighted by atomic mass is 10.1. The van der Waals surface area contributed by atoms with Gasteiger partial charge in [0.2, 0.25) is 5.95 Å². The summed E-state index contributed by atoms with van der Waals surface area (Å²) >= 11 is 0. The number of aromatic nitrogens is 4. The Kier molecular flexibility index (Phi) is 5.13. The summed E-state index contributed by atoms with van der Waals surface area (Å²) in [5, 5.41) is 4.37. The zero-order chi connectivity index (χ0) is 17.6. The number of nitrogen functional groups attached to an aromatic ring is 1. The van der Waals surface area contributed by atoms with Gasteiger partial charge >= 0.3 is 0 Å². The molecule has 0 aliphatic carbocycles. The van der Waals surface area contributed by atoms with E-state index in [-0.39, 0.29) is 0 Å². The highest BCUT2D eigenvalue weighted by Gasteiger charge is 2.06. The Bertz CT molecular complexity index is 851. The molecule has 1 aromatic carbocycles. The van der Waals surface area contributed by atoms with Crippen LogP contribution in [0.5, 0.6) is 5.75 Å². The largest absolute Gasteiger partial charge is 0.493 e. The maximum Gasteiger partial charge on any atom is 0.221 e. The zero-order valence-electron chi connectivity index (χ0n) is 14.5. The van der Waals surface area contributed by atoms with E-state index >= 15 is 0 Å². The molecule has 0 unspecified atom stereocenters. The number of hydrogen-bond acceptors (Lipinski definition) is 5. The highest BCUT2D eigenvalue weighted by Crippen LogP contribution is 2.21. The van der Waals surface area contributed by atoms with Crippen LogP contribution in [0.1, 0.15) is 30.2 Å². The molecule has 2 N–H and O–H groups in total. The van der Waals surface area contributed by atoms with Crippen LogP contribution in [0, 0.1) is 6.92 Å². The third-order valence-electron chi connectivity index (χ3n) is 3.62. The van der Waals surface area contributed by atoms with Crippen LogP contribution in [-0.4, -0.2) is 32.0 Å². The molecule has 0 radical (unpaired) electrons. The number of ether oxygens (including phenoxy) is 1. The number of benzene rings is 1. The summed E-state index contributed by atoms with van der Waals surface area (Å²) in [4.78, 5) is 8.23. The molecular weight excluding hydrogens is 316 g/mol. The van der Waals surface area contributed by atoms with E-state index in [9.17, 15) is 0 Å². The minimum absolute atomic E-state index is 0.371. The molecule has 0 atom stereocenters. The van der Waals surface area contributed by atoms with Crippen molar-refractivity contribution in [3.05, 3.63) is 59.9 Å². The van der Waals surface area contributed by atoms with Crippen molar-refractivity contribution in [3.63, 3.8) is 0 Å². The van der Waals surface area contributed by atoms with Crippen LogP contribution in [0.15, 0.2) is 48.2 Å². The van der Waals surface area contributed by atoms with Crippen LogP contribution in [0.4, 0.5) is 5.95 Å². The van der Waals surface area contributed by atoms with Gasteiger partial charge in [-0.15, -0.1) is 0 Å². The SMILES string of the molecule is CCCOc1ccc(C=Nn2cc(C)nc2N)cc1Cn1ccnc1. The van der Waals surface area contributed by atoms with E-state index in [1.807, 2.05) is 29.8 Å². The molecule has 3 aromatic rings. The molecule has 3 rings (SSSR count). The number of hydrogen-bond donors (Lipinski definition) is 1. The quantitative estimate of drug-likeness (QED) is 0.671. The van der Waals surface area contributed by atoms with Crippen molar-refractivity contribution in [2.45, 2.75) is 26.8 Å². The Morgan fingerprint density at radius 2 is 2.24 bits per heavy atom. The molecule has 2 aromatic heterocycles. The van der Waals surface area contributed by atoms with Crippen LogP contribution in [0.2, 0.25) is 0 Å². The Morgan fingerprint density at radius 1 is 1.36 bits per heavy atom. The van der Waals surface area contributed by atoms with E-state index in [4.69, 9.17) is 10.5 Å². The monoisotopic (exact) mass is 338 g/mol. The van der Waals surface area contributed by atoms with Gasteiger partial charge in [0.1, 0.15) is 5.75 Å². The molecule has 130 valence electrons. The molecule has 0 bridgehead atoms. The van der Waals surface area contributed by atoms with Crippen LogP contribution >= 0.6 is 0 Å². The van der Waals surface area contributed by atoms with Crippen molar-refractivity contribution in [2.75, 3.05) is 12.3 Å². The first-order chi connectivity index (χ1) is 12.2. The average Bonchev–Trinajstić information content (AvgIpc) is 3.21. The fourth-order valence-electron chi connectivity index (χ4n) is 2.46. The first-order valence-electron chi connectivity index (χ1n) is 8.23. The van der Waals surface area contributed by atoms with E-state index in [2.05, 4.69) is 28.1 Å². The smallest absolute Gasteiger partial charge is 0.221 e. The van der Waals surface area contributed by atoms with Gasteiger partial charge in [0.05, 0.1) is 37.6 Å². The van der Waals surface area contributed by atoms with Gasteiger partial charge in [0.15, 0.2) is 0 Å². The molecular formula is C18H22N6O. The summed E-state index contributed by atoms with van der Waals surface area (Å²) in [6.45, 7) is 5.35. The maximum atomic E-state index is 5.86. The average molecular weight is 338 g/mol. The molecule has 7 nitrogen and oxygen atoms in total. The van der Waals surface area contributed by atoms with E-state index in [0.717, 1.165) is 29.0 Å². The minimum atomic E-state index is 0.371. The predicted octanol–water partition coefficient (Wildman–Crippen LogP) is 2.69. The summed E-state index contributed by atoms with van der Waals surface area (Å²) in [6.07, 6.45) is 10.0. The lowest BCUT2D eigenvalue weighted by molar-refractivity contribution is 0.313. The molecule has 0 amide bonds. The predicted molar refractivity (Wildman–Crippen MR) is 97.9 cm³/mol. The van der Waals surface area contributed by atoms with Gasteiger partial charge < -0.3 is 15.0 Å². The summed E-state index contributed by atoms with van der Waals surface area (Å²) < 4.78 is 9.43. The van der Waals surface area contributed by atoms with E-state index < -0.39 is 0 Å². The first-order valence-corrected chi connectivity index (χ1v) is 8.23. The molecule has 0 saturated carbocycles. The number of rotatable bonds is 7. The fraction of sp³-hybridized carbons (Fsp3) is 0.278. The van der Waals surface area contributed by atoms with Crippen LogP contribution in [0.3, 0.4) is 0 Å². The Hall–Kier alpha value is -3.09. The van der Waals surface area contributed by atoms with Gasteiger partial charge in [0, 0.05) is 18.0 Å². The molecule has 25 heavy (non-hydrogen) atoms. The second-order valence-corrected chi connectivity index (χ2v) is 5.78. The van der Waals surface area contributed by atoms with Crippen molar-refractivity contribution >= 4 is 12.2 Å². The van der Waals surface area contributed by atoms with E-state index in [1.165, 1.54) is 0 Å². The Labute approximate surface area is 146 Å². The third kappa shape index (κ3) is 4.26. The molecule has 0 fully saturated rings. The summed E-state index contributed by atoms with van der Waals surface area (Å²) in [6, 6.07) is 6.02. The fourth-order valence-corrected chi connectivity index (χ4v) is 2.46. The highest BCUT2D eigenvalue weighted by atomic mass is 16.5. The molecule has 2 heterocycles. The number of nitrogens with two attached hydrogens (primary N) is 1. The van der Waals surface area contributed by atoms with E-state index in [0.29, 0.717) is 19.1 Å². The minimum Gasteiger partial charge on any atom is -0.493 e. The lowest BCUT2D eigenvalue weighted by Gasteiger charge is -2.12. The Balaban J connectivity index is 1.85. The van der Waals surface area contributed by atoms with E-state index in [1.54, 1.807) is 29.6 Å². The second kappa shape index (κ2) is 7.65. The van der Waals surface area contributed by atoms with Crippen LogP contribution in [0.25, 0.3) is 0 Å². The lowest BCUT2D eigenvalue weighted by Crippen LogP contribution is -2.04. The zero-order valence-corrected chi connectivity index (χ0v) is 14.5. The summed E-state index contributed by atoms with van der Waals surface area (Å²) in [5.41, 5.74) is 8.68. The van der Waals surface area contributed by atoms with Crippen molar-refractivity contribution in [1.29, 1.82) is 0 Å². The van der Waals surface area contributed by atoms with Crippen molar-refractivity contribution in [2.24, 2.45) is 5.10 Å². The standard InChI is InChI=1S/C18H22N6O/c1-3-8-25-17-5-4-15(9-16(17)12-23-7-6-20-13-23)10-21-24-11-14(2)22-18(24)19/h4-7,9-11,13H,3,8,12H2,1-2H3,(H2,19,22). The first kappa shape index (κ1) is 16.8. The number of nitrogens with zero attached hydrogens (tertiary/aromatic N) is 5. The molecule has 7 heteroatoms. The van der Waals surface area contributed by atoms with Crippen molar-refractivity contribution in [3.8, 4) is 5.75 Å². The third-order valence-corrected chi connectivity index (χ3v) is 3.62. The van der Waals surface area contributed by atoms with Gasteiger partial charge in [-0.1, -0.05) is 6.92 Å². The number of anilines is 1. The van der Waals surface area contributed by atoms with Gasteiger partial charge in [0.25, 0.3) is 0 Å². The topological polar surface area (TPSA) is 83.2 Å². The van der Waals surface area contributed by atoms with Crippen LogP contribution < -0.4 is 10.5 Å². The molecule has 0 saturated heterocycles. The second-order valence-electron chi connectivity index (χ2n) is 5.78. The van der Waals surface area contributed by atoms with Gasteiger partial charge in [-0.2, -0.15) is 5.10 Å². The number of aryl methyl sites for hydroxylation is 1. The van der Waals surface area contributed by atoms with Gasteiger partial charge in [-0.3, -0.25) is 0 Å². The van der Waals surface area contributed by atoms with Gasteiger partial charge in [-0.05, 0) is 37.1 Å². The number of imidazole rings is 2. The van der Waals surface area contributed by atoms with Crippen LogP contribution in [-0.2, 0) is 6.54 Å². The Morgan fingerprint density at radius 3 is 2.92 bits per heavy atom. The van der Waals surface area contributed by atoms with Crippen molar-refractivity contribution < 1.29 is 4.74 Å². The highest BCUT2D eigenvalue weighted by molar-refractivity contribution is 5.80. The summed E-state index contributed by atoms with van der Waals surface area (Å²) in [5.74, 6) is 1.25. The molecule has 0 spiro atoms. The molecule has 0 aliphatic rings. The van der Waals surface area contributed by atoms with Crippen molar-refractivity contribution in [1.82, 2.24) is 19.2 Å². The summed E-state index contributed by atoms with van der Waals surface area (Å²) in [7, 11) is 0.